The second-order valence-electron chi connectivity index (χ2n) is 5.42. The number of hydrogen-bond acceptors (Lipinski definition) is 3. The number of nitrogens with one attached hydrogen (secondary N) is 1. The molecule has 0 aliphatic rings. The highest BCUT2D eigenvalue weighted by molar-refractivity contribution is 6.30. The predicted octanol–water partition coefficient (Wildman–Crippen LogP) is 3.65. The lowest BCUT2D eigenvalue weighted by molar-refractivity contribution is -0.121. The molecule has 1 amide bonds. The van der Waals surface area contributed by atoms with Gasteiger partial charge >= 0.3 is 0 Å². The Morgan fingerprint density at radius 1 is 1.00 bits per heavy atom. The van der Waals surface area contributed by atoms with Gasteiger partial charge in [0.1, 0.15) is 0 Å². The molecule has 2 aromatic rings. The molecule has 5 heteroatoms. The van der Waals surface area contributed by atoms with Crippen LogP contribution in [0.15, 0.2) is 42.5 Å². The van der Waals surface area contributed by atoms with Gasteiger partial charge in [-0.3, -0.25) is 4.79 Å². The van der Waals surface area contributed by atoms with Gasteiger partial charge in [0.2, 0.25) is 5.91 Å². The Labute approximate surface area is 147 Å². The van der Waals surface area contributed by atoms with E-state index in [0.29, 0.717) is 35.9 Å². The summed E-state index contributed by atoms with van der Waals surface area (Å²) < 4.78 is 10.5. The molecule has 1 N–H and O–H groups in total. The molecule has 0 radical (unpaired) electrons. The second kappa shape index (κ2) is 9.18. The van der Waals surface area contributed by atoms with Crippen molar-refractivity contribution in [3.8, 4) is 11.5 Å². The maximum absolute atomic E-state index is 11.9. The first-order valence-corrected chi connectivity index (χ1v) is 8.22. The van der Waals surface area contributed by atoms with E-state index in [1.807, 2.05) is 42.5 Å². The van der Waals surface area contributed by atoms with Crippen LogP contribution in [0.4, 0.5) is 0 Å². The van der Waals surface area contributed by atoms with Crippen LogP contribution >= 0.6 is 11.6 Å². The van der Waals surface area contributed by atoms with E-state index in [9.17, 15) is 4.79 Å². The van der Waals surface area contributed by atoms with Crippen LogP contribution in [0, 0.1) is 0 Å². The summed E-state index contributed by atoms with van der Waals surface area (Å²) in [6.45, 7) is 0.587. The maximum atomic E-state index is 11.9. The molecule has 4 nitrogen and oxygen atoms in total. The fourth-order valence-electron chi connectivity index (χ4n) is 2.42. The summed E-state index contributed by atoms with van der Waals surface area (Å²) in [6, 6.07) is 13.4. The van der Waals surface area contributed by atoms with Gasteiger partial charge < -0.3 is 14.8 Å². The number of benzene rings is 2. The molecule has 0 heterocycles. The number of ether oxygens (including phenoxy) is 2. The van der Waals surface area contributed by atoms with Gasteiger partial charge in [-0.15, -0.1) is 0 Å². The molecule has 0 fully saturated rings. The third kappa shape index (κ3) is 5.46. The zero-order valence-corrected chi connectivity index (χ0v) is 14.7. The monoisotopic (exact) mass is 347 g/mol. The lowest BCUT2D eigenvalue weighted by Crippen LogP contribution is -2.25. The van der Waals surface area contributed by atoms with Crippen LogP contribution in [-0.2, 0) is 17.6 Å². The number of hydrogen-bond donors (Lipinski definition) is 1. The van der Waals surface area contributed by atoms with Crippen molar-refractivity contribution in [2.45, 2.75) is 19.3 Å². The minimum Gasteiger partial charge on any atom is -0.493 e. The Morgan fingerprint density at radius 3 is 2.46 bits per heavy atom. The average Bonchev–Trinajstić information content (AvgIpc) is 2.60. The third-order valence-corrected chi connectivity index (χ3v) is 3.95. The molecule has 0 bridgehead atoms. The predicted molar refractivity (Wildman–Crippen MR) is 96.0 cm³/mol. The minimum atomic E-state index is 0.0375. The van der Waals surface area contributed by atoms with Gasteiger partial charge in [0.25, 0.3) is 0 Å². The fourth-order valence-corrected chi connectivity index (χ4v) is 2.63. The molecule has 0 atom stereocenters. The van der Waals surface area contributed by atoms with E-state index in [1.165, 1.54) is 0 Å². The van der Waals surface area contributed by atoms with Gasteiger partial charge in [-0.2, -0.15) is 0 Å². The number of rotatable bonds is 8. The number of methoxy groups -OCH3 is 2. The quantitative estimate of drug-likeness (QED) is 0.793. The molecule has 0 unspecified atom stereocenters. The van der Waals surface area contributed by atoms with Gasteiger partial charge in [-0.05, 0) is 48.2 Å². The van der Waals surface area contributed by atoms with Crippen LogP contribution in [0.1, 0.15) is 17.5 Å². The smallest absolute Gasteiger partial charge is 0.220 e. The van der Waals surface area contributed by atoms with Crippen LogP contribution in [0.2, 0.25) is 5.02 Å². The van der Waals surface area contributed by atoms with Crippen LogP contribution in [-0.4, -0.2) is 26.7 Å². The third-order valence-electron chi connectivity index (χ3n) is 3.71. The molecular weight excluding hydrogens is 326 g/mol. The molecule has 128 valence electrons. The number of carbonyl (C=O) groups excluding carboxylic acids is 1. The van der Waals surface area contributed by atoms with Crippen molar-refractivity contribution in [2.24, 2.45) is 0 Å². The van der Waals surface area contributed by atoms with Gasteiger partial charge in [0, 0.05) is 18.0 Å². The molecule has 2 rings (SSSR count). The fraction of sp³-hybridized carbons (Fsp3) is 0.316. The van der Waals surface area contributed by atoms with E-state index in [-0.39, 0.29) is 5.91 Å². The first kappa shape index (κ1) is 18.1. The number of amides is 1. The SMILES string of the molecule is COc1ccc(CCNC(=O)CCc2cccc(Cl)c2)cc1OC. The van der Waals surface area contributed by atoms with E-state index >= 15 is 0 Å². The van der Waals surface area contributed by atoms with E-state index in [4.69, 9.17) is 21.1 Å². The standard InChI is InChI=1S/C19H22ClNO3/c1-23-17-8-6-15(13-18(17)24-2)10-11-21-19(22)9-7-14-4-3-5-16(20)12-14/h3-6,8,12-13H,7,9-11H2,1-2H3,(H,21,22). The number of carbonyl (C=O) groups is 1. The summed E-state index contributed by atoms with van der Waals surface area (Å²) in [7, 11) is 3.22. The van der Waals surface area contributed by atoms with Crippen molar-refractivity contribution in [3.63, 3.8) is 0 Å². The summed E-state index contributed by atoms with van der Waals surface area (Å²) in [5.74, 6) is 1.43. The molecule has 0 spiro atoms. The van der Waals surface area contributed by atoms with Crippen LogP contribution in [0.3, 0.4) is 0 Å². The Bertz CT molecular complexity index is 688. The molecule has 2 aromatic carbocycles. The summed E-state index contributed by atoms with van der Waals surface area (Å²) in [5.41, 5.74) is 2.15. The summed E-state index contributed by atoms with van der Waals surface area (Å²) in [6.07, 6.45) is 1.87. The molecular formula is C19H22ClNO3. The van der Waals surface area contributed by atoms with Crippen molar-refractivity contribution in [1.82, 2.24) is 5.32 Å². The van der Waals surface area contributed by atoms with Crippen molar-refractivity contribution < 1.29 is 14.3 Å². The molecule has 0 aliphatic heterocycles. The van der Waals surface area contributed by atoms with Gasteiger partial charge in [0.05, 0.1) is 14.2 Å². The largest absolute Gasteiger partial charge is 0.493 e. The number of aryl methyl sites for hydroxylation is 1. The Hall–Kier alpha value is -2.20. The zero-order valence-electron chi connectivity index (χ0n) is 14.0. The average molecular weight is 348 g/mol. The highest BCUT2D eigenvalue weighted by Gasteiger charge is 2.06. The molecule has 0 aromatic heterocycles. The van der Waals surface area contributed by atoms with Gasteiger partial charge in [-0.25, -0.2) is 0 Å². The van der Waals surface area contributed by atoms with E-state index in [0.717, 1.165) is 17.5 Å². The molecule has 0 aliphatic carbocycles. The summed E-state index contributed by atoms with van der Waals surface area (Å²) >= 11 is 5.94. The second-order valence-corrected chi connectivity index (χ2v) is 5.86. The lowest BCUT2D eigenvalue weighted by atomic mass is 10.1. The summed E-state index contributed by atoms with van der Waals surface area (Å²) in [4.78, 5) is 11.9. The summed E-state index contributed by atoms with van der Waals surface area (Å²) in [5, 5.41) is 3.63. The topological polar surface area (TPSA) is 47.6 Å². The maximum Gasteiger partial charge on any atom is 0.220 e. The molecule has 24 heavy (non-hydrogen) atoms. The lowest BCUT2D eigenvalue weighted by Gasteiger charge is -2.10. The zero-order chi connectivity index (χ0) is 17.4. The van der Waals surface area contributed by atoms with Crippen LogP contribution < -0.4 is 14.8 Å². The Balaban J connectivity index is 1.76. The first-order chi connectivity index (χ1) is 11.6. The minimum absolute atomic E-state index is 0.0375. The van der Waals surface area contributed by atoms with Crippen LogP contribution in [0.25, 0.3) is 0 Å². The van der Waals surface area contributed by atoms with E-state index in [2.05, 4.69) is 5.32 Å². The van der Waals surface area contributed by atoms with E-state index in [1.54, 1.807) is 14.2 Å². The van der Waals surface area contributed by atoms with Crippen molar-refractivity contribution in [1.29, 1.82) is 0 Å². The Morgan fingerprint density at radius 2 is 1.75 bits per heavy atom. The highest BCUT2D eigenvalue weighted by atomic mass is 35.5. The van der Waals surface area contributed by atoms with Gasteiger partial charge in [-0.1, -0.05) is 29.8 Å². The van der Waals surface area contributed by atoms with Crippen molar-refractivity contribution in [3.05, 3.63) is 58.6 Å². The highest BCUT2D eigenvalue weighted by Crippen LogP contribution is 2.27. The normalized spacial score (nSPS) is 10.3. The van der Waals surface area contributed by atoms with Crippen molar-refractivity contribution >= 4 is 17.5 Å². The molecule has 0 saturated heterocycles. The van der Waals surface area contributed by atoms with Gasteiger partial charge in [0.15, 0.2) is 11.5 Å². The first-order valence-electron chi connectivity index (χ1n) is 7.84. The van der Waals surface area contributed by atoms with Crippen LogP contribution in [0.5, 0.6) is 11.5 Å². The molecule has 0 saturated carbocycles. The number of halogens is 1. The van der Waals surface area contributed by atoms with E-state index < -0.39 is 0 Å². The van der Waals surface area contributed by atoms with Crippen molar-refractivity contribution in [2.75, 3.05) is 20.8 Å². The Kier molecular flexibility index (Phi) is 6.94.